The molecule has 2 rings (SSSR count). The third kappa shape index (κ3) is 9.87. The van der Waals surface area contributed by atoms with Crippen LogP contribution in [0, 0.1) is 17.6 Å². The number of hydrogen-bond acceptors (Lipinski definition) is 6. The summed E-state index contributed by atoms with van der Waals surface area (Å²) in [4.78, 5) is 23.9. The number of nitrogens with one attached hydrogen (secondary N) is 1. The van der Waals surface area contributed by atoms with Crippen molar-refractivity contribution < 1.29 is 37.7 Å². The van der Waals surface area contributed by atoms with Gasteiger partial charge in [-0.2, -0.15) is 0 Å². The Hall–Kier alpha value is -3.72. The van der Waals surface area contributed by atoms with Crippen LogP contribution in [0.1, 0.15) is 38.4 Å². The number of benzene rings is 2. The predicted molar refractivity (Wildman–Crippen MR) is 132 cm³/mol. The van der Waals surface area contributed by atoms with Gasteiger partial charge in [0.15, 0.2) is 0 Å². The average Bonchev–Trinajstić information content (AvgIpc) is 2.85. The van der Waals surface area contributed by atoms with Crippen LogP contribution in [-0.2, 0) is 14.3 Å². The molecule has 0 fully saturated rings. The number of carbonyl (C=O) groups is 2. The largest absolute Gasteiger partial charge is 0.491 e. The molecule has 0 spiro atoms. The summed E-state index contributed by atoms with van der Waals surface area (Å²) in [5, 5.41) is 11.2. The number of carbonyl (C=O) groups excluding carboxylic acids is 2. The number of anilines is 1. The lowest BCUT2D eigenvalue weighted by Gasteiger charge is -2.25. The van der Waals surface area contributed by atoms with E-state index in [9.17, 15) is 18.4 Å². The molecule has 9 heteroatoms. The van der Waals surface area contributed by atoms with Gasteiger partial charge in [-0.3, -0.25) is 5.32 Å². The van der Waals surface area contributed by atoms with Gasteiger partial charge in [-0.05, 0) is 55.5 Å². The van der Waals surface area contributed by atoms with Crippen LogP contribution in [-0.4, -0.2) is 37.0 Å². The maximum atomic E-state index is 14.0. The first-order valence-electron chi connectivity index (χ1n) is 11.6. The minimum atomic E-state index is -0.914. The van der Waals surface area contributed by atoms with Gasteiger partial charge in [-0.25, -0.2) is 18.4 Å². The monoisotopic (exact) mass is 503 g/mol. The van der Waals surface area contributed by atoms with Gasteiger partial charge >= 0.3 is 12.1 Å². The number of esters is 1. The molecule has 0 radical (unpaired) electrons. The highest BCUT2D eigenvalue weighted by molar-refractivity contribution is 5.85. The van der Waals surface area contributed by atoms with Gasteiger partial charge in [-0.1, -0.05) is 37.3 Å². The summed E-state index contributed by atoms with van der Waals surface area (Å²) in [5.41, 5.74) is 0.497. The number of rotatable bonds is 13. The fraction of sp³-hybridized carbons (Fsp3) is 0.333. The Labute approximate surface area is 209 Å². The van der Waals surface area contributed by atoms with Crippen molar-refractivity contribution in [2.24, 2.45) is 5.92 Å². The number of aliphatic hydroxyl groups is 1. The summed E-state index contributed by atoms with van der Waals surface area (Å²) in [7, 11) is 0. The van der Waals surface area contributed by atoms with Crippen molar-refractivity contribution in [3.8, 4) is 5.75 Å². The first-order chi connectivity index (χ1) is 17.3. The summed E-state index contributed by atoms with van der Waals surface area (Å²) in [6.45, 7) is 3.98. The summed E-state index contributed by atoms with van der Waals surface area (Å²) in [6, 6.07) is 9.72. The summed E-state index contributed by atoms with van der Waals surface area (Å²) < 4.78 is 43.0. The number of amides is 1. The van der Waals surface area contributed by atoms with Crippen LogP contribution in [0.5, 0.6) is 5.75 Å². The van der Waals surface area contributed by atoms with Crippen LogP contribution in [0.4, 0.5) is 19.3 Å². The molecule has 194 valence electrons. The Kier molecular flexibility index (Phi) is 12.1. The minimum absolute atomic E-state index is 0.118. The lowest BCUT2D eigenvalue weighted by Crippen LogP contribution is -2.22. The molecule has 2 aromatic rings. The standard InChI is InChI=1S/C27H31F2NO6/c1-3-34-25(32)9-7-5-4-6-8-19(2)26(20-10-13-22(14-11-20)35-17-16-31)36-27(33)30-24-15-12-21(28)18-23(24)29/h4-5,7,9-15,18-19,26,31H,3,6,8,16-17H2,1-2H3,(H,30,33)/b5-4+,9-7+/t19-,26+/m0/s1. The zero-order valence-electron chi connectivity index (χ0n) is 20.3. The van der Waals surface area contributed by atoms with Crippen molar-refractivity contribution in [2.75, 3.05) is 25.1 Å². The summed E-state index contributed by atoms with van der Waals surface area (Å²) in [6.07, 6.45) is 6.24. The predicted octanol–water partition coefficient (Wildman–Crippen LogP) is 5.72. The van der Waals surface area contributed by atoms with Gasteiger partial charge in [0.2, 0.25) is 0 Å². The molecule has 36 heavy (non-hydrogen) atoms. The molecule has 2 aromatic carbocycles. The highest BCUT2D eigenvalue weighted by Crippen LogP contribution is 2.31. The molecule has 0 unspecified atom stereocenters. The normalized spacial score (nSPS) is 12.9. The van der Waals surface area contributed by atoms with Crippen molar-refractivity contribution in [3.05, 3.63) is 84.0 Å². The molecule has 2 N–H and O–H groups in total. The topological polar surface area (TPSA) is 94.1 Å². The van der Waals surface area contributed by atoms with Gasteiger partial charge in [0.25, 0.3) is 0 Å². The molecular weight excluding hydrogens is 472 g/mol. The van der Waals surface area contributed by atoms with Crippen LogP contribution in [0.25, 0.3) is 0 Å². The maximum Gasteiger partial charge on any atom is 0.412 e. The average molecular weight is 504 g/mol. The fourth-order valence-corrected chi connectivity index (χ4v) is 3.29. The minimum Gasteiger partial charge on any atom is -0.491 e. The van der Waals surface area contributed by atoms with Gasteiger partial charge in [-0.15, -0.1) is 0 Å². The Bertz CT molecular complexity index is 1040. The van der Waals surface area contributed by atoms with E-state index in [-0.39, 0.29) is 24.8 Å². The lowest BCUT2D eigenvalue weighted by atomic mass is 9.93. The van der Waals surface area contributed by atoms with E-state index in [1.807, 2.05) is 13.0 Å². The Morgan fingerprint density at radius 3 is 2.53 bits per heavy atom. The zero-order chi connectivity index (χ0) is 26.3. The second-order valence-corrected chi connectivity index (χ2v) is 7.81. The van der Waals surface area contributed by atoms with Crippen LogP contribution < -0.4 is 10.1 Å². The quantitative estimate of drug-likeness (QED) is 0.206. The lowest BCUT2D eigenvalue weighted by molar-refractivity contribution is -0.137. The van der Waals surface area contributed by atoms with E-state index in [0.29, 0.717) is 36.8 Å². The van der Waals surface area contributed by atoms with Crippen molar-refractivity contribution in [3.63, 3.8) is 0 Å². The highest BCUT2D eigenvalue weighted by Gasteiger charge is 2.24. The van der Waals surface area contributed by atoms with E-state index in [1.165, 1.54) is 6.08 Å². The Morgan fingerprint density at radius 1 is 1.11 bits per heavy atom. The molecule has 7 nitrogen and oxygen atoms in total. The van der Waals surface area contributed by atoms with Crippen molar-refractivity contribution in [2.45, 2.75) is 32.8 Å². The molecule has 0 aliphatic heterocycles. The van der Waals surface area contributed by atoms with E-state index in [1.54, 1.807) is 43.3 Å². The van der Waals surface area contributed by atoms with E-state index >= 15 is 0 Å². The molecule has 2 atom stereocenters. The van der Waals surface area contributed by atoms with Crippen LogP contribution in [0.3, 0.4) is 0 Å². The smallest absolute Gasteiger partial charge is 0.412 e. The molecule has 1 amide bonds. The van der Waals surface area contributed by atoms with E-state index in [2.05, 4.69) is 5.32 Å². The number of allylic oxidation sites excluding steroid dienone is 3. The number of aliphatic hydroxyl groups excluding tert-OH is 1. The van der Waals surface area contributed by atoms with Crippen LogP contribution >= 0.6 is 0 Å². The molecular formula is C27H31F2NO6. The van der Waals surface area contributed by atoms with Gasteiger partial charge in [0, 0.05) is 12.1 Å². The van der Waals surface area contributed by atoms with Crippen molar-refractivity contribution in [1.29, 1.82) is 0 Å². The Morgan fingerprint density at radius 2 is 1.86 bits per heavy atom. The summed E-state index contributed by atoms with van der Waals surface area (Å²) in [5.74, 6) is -1.68. The SMILES string of the molecule is CCOC(=O)/C=C/C=C/CC[C@H](C)[C@@H](OC(=O)Nc1ccc(F)cc1F)c1ccc(OCCO)cc1. The molecule has 0 aliphatic rings. The summed E-state index contributed by atoms with van der Waals surface area (Å²) >= 11 is 0. The van der Waals surface area contributed by atoms with Crippen LogP contribution in [0.2, 0.25) is 0 Å². The zero-order valence-corrected chi connectivity index (χ0v) is 20.3. The van der Waals surface area contributed by atoms with Gasteiger partial charge in [0.1, 0.15) is 30.1 Å². The second-order valence-electron chi connectivity index (χ2n) is 7.81. The van der Waals surface area contributed by atoms with E-state index < -0.39 is 29.8 Å². The maximum absolute atomic E-state index is 14.0. The highest BCUT2D eigenvalue weighted by atomic mass is 19.1. The van der Waals surface area contributed by atoms with Crippen LogP contribution in [0.15, 0.2) is 66.8 Å². The first kappa shape index (κ1) is 28.5. The van der Waals surface area contributed by atoms with Crippen molar-refractivity contribution >= 4 is 17.7 Å². The molecule has 0 saturated heterocycles. The number of hydrogen-bond donors (Lipinski definition) is 2. The van der Waals surface area contributed by atoms with Gasteiger partial charge < -0.3 is 19.3 Å². The number of ether oxygens (including phenoxy) is 3. The third-order valence-electron chi connectivity index (χ3n) is 5.04. The second kappa shape index (κ2) is 15.3. The van der Waals surface area contributed by atoms with Crippen molar-refractivity contribution in [1.82, 2.24) is 0 Å². The Balaban J connectivity index is 2.08. The van der Waals surface area contributed by atoms with E-state index in [0.717, 1.165) is 12.1 Å². The molecule has 0 bridgehead atoms. The molecule has 0 aliphatic carbocycles. The number of halogens is 2. The van der Waals surface area contributed by atoms with E-state index in [4.69, 9.17) is 19.3 Å². The third-order valence-corrected chi connectivity index (χ3v) is 5.04. The molecule has 0 aromatic heterocycles. The molecule has 0 saturated carbocycles. The van der Waals surface area contributed by atoms with Gasteiger partial charge in [0.05, 0.1) is 18.9 Å². The first-order valence-corrected chi connectivity index (χ1v) is 11.6. The molecule has 0 heterocycles. The fourth-order valence-electron chi connectivity index (χ4n) is 3.29.